The topological polar surface area (TPSA) is 63.3 Å². The highest BCUT2D eigenvalue weighted by Gasteiger charge is 1.95. The Hall–Kier alpha value is -0.830. The Labute approximate surface area is 105 Å². The lowest BCUT2D eigenvalue weighted by molar-refractivity contribution is -0.137. The van der Waals surface area contributed by atoms with Crippen LogP contribution in [0.1, 0.15) is 64.2 Å². The molecule has 0 atom stereocenters. The number of hydrogen-bond donors (Lipinski definition) is 2. The van der Waals surface area contributed by atoms with Gasteiger partial charge in [-0.2, -0.15) is 0 Å². The Morgan fingerprint density at radius 3 is 2.00 bits per heavy atom. The van der Waals surface area contributed by atoms with Crippen molar-refractivity contribution in [1.82, 2.24) is 0 Å². The Balaban J connectivity index is 3.05. The quantitative estimate of drug-likeness (QED) is 0.406. The molecule has 3 N–H and O–H groups in total. The molecule has 0 radical (unpaired) electrons. The van der Waals surface area contributed by atoms with E-state index in [0.717, 1.165) is 45.1 Å². The summed E-state index contributed by atoms with van der Waals surface area (Å²) in [7, 11) is 0. The first kappa shape index (κ1) is 16.2. The maximum absolute atomic E-state index is 10.3. The zero-order valence-corrected chi connectivity index (χ0v) is 10.9. The van der Waals surface area contributed by atoms with Crippen LogP contribution >= 0.6 is 0 Å². The second-order valence-corrected chi connectivity index (χ2v) is 4.46. The lowest BCUT2D eigenvalue weighted by atomic mass is 10.1. The van der Waals surface area contributed by atoms with Crippen LogP contribution in [-0.4, -0.2) is 17.6 Å². The van der Waals surface area contributed by atoms with Crippen LogP contribution in [-0.2, 0) is 4.79 Å². The maximum atomic E-state index is 10.3. The molecule has 0 bridgehead atoms. The fourth-order valence-corrected chi connectivity index (χ4v) is 1.71. The maximum Gasteiger partial charge on any atom is 0.303 e. The zero-order chi connectivity index (χ0) is 12.8. The van der Waals surface area contributed by atoms with Gasteiger partial charge < -0.3 is 10.8 Å². The van der Waals surface area contributed by atoms with Gasteiger partial charge in [-0.25, -0.2) is 0 Å². The highest BCUT2D eigenvalue weighted by atomic mass is 16.4. The van der Waals surface area contributed by atoms with Gasteiger partial charge in [0.05, 0.1) is 0 Å². The molecule has 0 saturated carbocycles. The molecular formula is C14H27NO2. The molecular weight excluding hydrogens is 214 g/mol. The van der Waals surface area contributed by atoms with E-state index in [0.29, 0.717) is 6.42 Å². The van der Waals surface area contributed by atoms with Crippen molar-refractivity contribution in [3.8, 4) is 0 Å². The molecule has 0 heterocycles. The summed E-state index contributed by atoms with van der Waals surface area (Å²) in [6.07, 6.45) is 14.9. The smallest absolute Gasteiger partial charge is 0.303 e. The Morgan fingerprint density at radius 2 is 1.41 bits per heavy atom. The van der Waals surface area contributed by atoms with Crippen LogP contribution in [0, 0.1) is 0 Å². The average molecular weight is 241 g/mol. The van der Waals surface area contributed by atoms with E-state index in [2.05, 4.69) is 12.2 Å². The minimum atomic E-state index is -0.676. The summed E-state index contributed by atoms with van der Waals surface area (Å²) in [6, 6.07) is 0. The lowest BCUT2D eigenvalue weighted by Crippen LogP contribution is -1.96. The third kappa shape index (κ3) is 15.2. The molecule has 3 nitrogen and oxygen atoms in total. The van der Waals surface area contributed by atoms with Gasteiger partial charge in [-0.05, 0) is 45.1 Å². The molecule has 17 heavy (non-hydrogen) atoms. The first-order chi connectivity index (χ1) is 8.27. The number of carboxylic acid groups (broad SMARTS) is 1. The van der Waals surface area contributed by atoms with E-state index in [-0.39, 0.29) is 0 Å². The number of allylic oxidation sites excluding steroid dienone is 2. The molecule has 0 saturated heterocycles. The standard InChI is InChI=1S/C14H27NO2/c15-13-11-9-7-5-3-1-2-4-6-8-10-12-14(16)17/h3,5H,1-2,4,6-13,15H2,(H,16,17). The number of unbranched alkanes of at least 4 members (excludes halogenated alkanes) is 7. The molecule has 0 aliphatic rings. The van der Waals surface area contributed by atoms with Crippen molar-refractivity contribution < 1.29 is 9.90 Å². The largest absolute Gasteiger partial charge is 0.481 e. The molecule has 0 aliphatic carbocycles. The Bertz CT molecular complexity index is 202. The number of hydrogen-bond acceptors (Lipinski definition) is 2. The first-order valence-corrected chi connectivity index (χ1v) is 6.84. The van der Waals surface area contributed by atoms with Gasteiger partial charge in [-0.3, -0.25) is 4.79 Å². The molecule has 3 heteroatoms. The molecule has 0 aliphatic heterocycles. The fourth-order valence-electron chi connectivity index (χ4n) is 1.71. The summed E-state index contributed by atoms with van der Waals surface area (Å²) in [6.45, 7) is 0.796. The van der Waals surface area contributed by atoms with Gasteiger partial charge in [0.1, 0.15) is 0 Å². The van der Waals surface area contributed by atoms with Crippen LogP contribution in [0.25, 0.3) is 0 Å². The second-order valence-electron chi connectivity index (χ2n) is 4.46. The summed E-state index contributed by atoms with van der Waals surface area (Å²) in [5, 5.41) is 8.46. The summed E-state index contributed by atoms with van der Waals surface area (Å²) in [5.74, 6) is -0.676. The number of aliphatic carboxylic acids is 1. The molecule has 0 aromatic rings. The van der Waals surface area contributed by atoms with E-state index in [9.17, 15) is 4.79 Å². The van der Waals surface area contributed by atoms with Crippen molar-refractivity contribution >= 4 is 5.97 Å². The highest BCUT2D eigenvalue weighted by molar-refractivity contribution is 5.66. The van der Waals surface area contributed by atoms with Crippen LogP contribution in [0.2, 0.25) is 0 Å². The monoisotopic (exact) mass is 241 g/mol. The van der Waals surface area contributed by atoms with Crippen molar-refractivity contribution in [1.29, 1.82) is 0 Å². The van der Waals surface area contributed by atoms with Gasteiger partial charge in [0.15, 0.2) is 0 Å². The van der Waals surface area contributed by atoms with E-state index < -0.39 is 5.97 Å². The number of nitrogens with two attached hydrogens (primary N) is 1. The van der Waals surface area contributed by atoms with Gasteiger partial charge in [0.2, 0.25) is 0 Å². The predicted octanol–water partition coefficient (Wildman–Crippen LogP) is 3.49. The van der Waals surface area contributed by atoms with Crippen molar-refractivity contribution in [2.24, 2.45) is 5.73 Å². The van der Waals surface area contributed by atoms with E-state index in [1.165, 1.54) is 19.3 Å². The molecule has 100 valence electrons. The molecule has 0 unspecified atom stereocenters. The summed E-state index contributed by atoms with van der Waals surface area (Å²) in [4.78, 5) is 10.3. The third-order valence-corrected chi connectivity index (χ3v) is 2.75. The normalized spacial score (nSPS) is 11.1. The summed E-state index contributed by atoms with van der Waals surface area (Å²) >= 11 is 0. The molecule has 0 rings (SSSR count). The Kier molecular flexibility index (Phi) is 12.6. The summed E-state index contributed by atoms with van der Waals surface area (Å²) < 4.78 is 0. The van der Waals surface area contributed by atoms with Crippen molar-refractivity contribution in [2.45, 2.75) is 64.2 Å². The minimum Gasteiger partial charge on any atom is -0.481 e. The van der Waals surface area contributed by atoms with Gasteiger partial charge in [0, 0.05) is 6.42 Å². The molecule has 0 spiro atoms. The fraction of sp³-hybridized carbons (Fsp3) is 0.786. The number of rotatable bonds is 12. The van der Waals surface area contributed by atoms with E-state index in [1.54, 1.807) is 0 Å². The molecule has 0 aromatic heterocycles. The van der Waals surface area contributed by atoms with Crippen molar-refractivity contribution in [3.05, 3.63) is 12.2 Å². The van der Waals surface area contributed by atoms with Gasteiger partial charge >= 0.3 is 5.97 Å². The predicted molar refractivity (Wildman–Crippen MR) is 72.0 cm³/mol. The van der Waals surface area contributed by atoms with Crippen LogP contribution in [0.4, 0.5) is 0 Å². The van der Waals surface area contributed by atoms with Crippen LogP contribution in [0.3, 0.4) is 0 Å². The van der Waals surface area contributed by atoms with E-state index in [4.69, 9.17) is 10.8 Å². The lowest BCUT2D eigenvalue weighted by Gasteiger charge is -1.98. The van der Waals surface area contributed by atoms with Crippen LogP contribution < -0.4 is 5.73 Å². The van der Waals surface area contributed by atoms with E-state index in [1.807, 2.05) is 0 Å². The third-order valence-electron chi connectivity index (χ3n) is 2.75. The molecule has 0 amide bonds. The van der Waals surface area contributed by atoms with Gasteiger partial charge in [0.25, 0.3) is 0 Å². The Morgan fingerprint density at radius 1 is 0.882 bits per heavy atom. The first-order valence-electron chi connectivity index (χ1n) is 6.84. The number of carboxylic acids is 1. The average Bonchev–Trinajstić information content (AvgIpc) is 2.30. The molecule has 0 aromatic carbocycles. The second kappa shape index (κ2) is 13.2. The SMILES string of the molecule is NCCCCC=CCCCCCCCC(=O)O. The van der Waals surface area contributed by atoms with Gasteiger partial charge in [-0.15, -0.1) is 0 Å². The van der Waals surface area contributed by atoms with Crippen molar-refractivity contribution in [3.63, 3.8) is 0 Å². The van der Waals surface area contributed by atoms with Crippen LogP contribution in [0.5, 0.6) is 0 Å². The van der Waals surface area contributed by atoms with E-state index >= 15 is 0 Å². The molecule has 0 fully saturated rings. The van der Waals surface area contributed by atoms with Crippen LogP contribution in [0.15, 0.2) is 12.2 Å². The van der Waals surface area contributed by atoms with Gasteiger partial charge in [-0.1, -0.05) is 31.4 Å². The highest BCUT2D eigenvalue weighted by Crippen LogP contribution is 2.08. The number of carbonyl (C=O) groups is 1. The zero-order valence-electron chi connectivity index (χ0n) is 10.9. The minimum absolute atomic E-state index is 0.320. The van der Waals surface area contributed by atoms with Crippen molar-refractivity contribution in [2.75, 3.05) is 6.54 Å². The summed E-state index contributed by atoms with van der Waals surface area (Å²) in [5.41, 5.74) is 5.41.